The van der Waals surface area contributed by atoms with E-state index < -0.39 is 11.3 Å². The zero-order valence-corrected chi connectivity index (χ0v) is 19.6. The predicted molar refractivity (Wildman–Crippen MR) is 115 cm³/mol. The van der Waals surface area contributed by atoms with Crippen LogP contribution in [0.5, 0.6) is 0 Å². The van der Waals surface area contributed by atoms with Gasteiger partial charge in [-0.2, -0.15) is 0 Å². The average Bonchev–Trinajstić information content (AvgIpc) is 2.79. The van der Waals surface area contributed by atoms with Crippen molar-refractivity contribution < 1.29 is 14.3 Å². The van der Waals surface area contributed by atoms with Crippen LogP contribution in [0.3, 0.4) is 0 Å². The van der Waals surface area contributed by atoms with E-state index in [-0.39, 0.29) is 29.3 Å². The first-order valence-electron chi connectivity index (χ1n) is 11.2. The molecule has 0 aliphatic carbocycles. The van der Waals surface area contributed by atoms with Gasteiger partial charge in [0.05, 0.1) is 6.42 Å². The van der Waals surface area contributed by atoms with Crippen LogP contribution in [0, 0.1) is 0 Å². The molecule has 2 heterocycles. The fourth-order valence-corrected chi connectivity index (χ4v) is 5.75. The Kier molecular flexibility index (Phi) is 7.08. The van der Waals surface area contributed by atoms with Crippen LogP contribution in [0.2, 0.25) is 0 Å². The third-order valence-corrected chi connectivity index (χ3v) is 6.85. The second-order valence-electron chi connectivity index (χ2n) is 10.2. The van der Waals surface area contributed by atoms with E-state index in [0.29, 0.717) is 19.3 Å². The molecule has 1 spiro atoms. The molecule has 2 aliphatic rings. The maximum absolute atomic E-state index is 13.5. The topological polar surface area (TPSA) is 87.9 Å². The van der Waals surface area contributed by atoms with Crippen LogP contribution in [0.1, 0.15) is 92.9 Å². The molecule has 2 rings (SSSR count). The third-order valence-electron chi connectivity index (χ3n) is 6.85. The molecule has 2 fully saturated rings. The second-order valence-corrected chi connectivity index (χ2v) is 10.2. The lowest BCUT2D eigenvalue weighted by atomic mass is 9.74. The lowest BCUT2D eigenvalue weighted by Crippen LogP contribution is -2.68. The van der Waals surface area contributed by atoms with E-state index in [1.54, 1.807) is 4.90 Å². The van der Waals surface area contributed by atoms with Crippen LogP contribution < -0.4 is 11.3 Å². The van der Waals surface area contributed by atoms with Gasteiger partial charge in [0.1, 0.15) is 5.72 Å². The first-order valence-corrected chi connectivity index (χ1v) is 11.2. The quantitative estimate of drug-likeness (QED) is 0.365. The molecule has 7 nitrogen and oxygen atoms in total. The van der Waals surface area contributed by atoms with Gasteiger partial charge in [-0.1, -0.05) is 33.1 Å². The number of hydrazine groups is 1. The first-order chi connectivity index (χ1) is 13.4. The molecule has 2 aliphatic heterocycles. The minimum Gasteiger partial charge on any atom is -0.339 e. The van der Waals surface area contributed by atoms with E-state index in [0.717, 1.165) is 32.2 Å². The molecule has 3 N–H and O–H groups in total. The highest BCUT2D eigenvalue weighted by molar-refractivity contribution is 5.93. The number of ether oxygens (including phenoxy) is 1. The summed E-state index contributed by atoms with van der Waals surface area (Å²) in [6, 6.07) is 0. The van der Waals surface area contributed by atoms with Gasteiger partial charge in [0.2, 0.25) is 5.91 Å². The first kappa shape index (κ1) is 24.1. The molecule has 0 radical (unpaired) electrons. The van der Waals surface area contributed by atoms with Crippen LogP contribution in [0.4, 0.5) is 0 Å². The number of amides is 2. The molecule has 29 heavy (non-hydrogen) atoms. The number of nitrogens with two attached hydrogens (primary N) is 1. The lowest BCUT2D eigenvalue weighted by molar-refractivity contribution is -0.217. The summed E-state index contributed by atoms with van der Waals surface area (Å²) >= 11 is 0. The zero-order valence-electron chi connectivity index (χ0n) is 19.6. The summed E-state index contributed by atoms with van der Waals surface area (Å²) in [6.07, 6.45) is 5.98. The SMILES string of the molecule is CCCCN1C(C)(C)CC2(CC1(C)C)OC(CCCC)(CC(=O)NN)C(=O)N2C. The summed E-state index contributed by atoms with van der Waals surface area (Å²) in [7, 11) is 1.84. The van der Waals surface area contributed by atoms with Crippen LogP contribution in [-0.2, 0) is 14.3 Å². The minimum atomic E-state index is -1.13. The third kappa shape index (κ3) is 4.47. The van der Waals surface area contributed by atoms with Crippen molar-refractivity contribution in [3.8, 4) is 0 Å². The van der Waals surface area contributed by atoms with Crippen molar-refractivity contribution in [1.29, 1.82) is 0 Å². The van der Waals surface area contributed by atoms with E-state index in [1.165, 1.54) is 0 Å². The molecule has 0 saturated carbocycles. The number of nitrogens with zero attached hydrogens (tertiary/aromatic N) is 2. The average molecular weight is 411 g/mol. The van der Waals surface area contributed by atoms with Crippen LogP contribution in [-0.4, -0.2) is 57.6 Å². The zero-order chi connectivity index (χ0) is 22.1. The van der Waals surface area contributed by atoms with Crippen molar-refractivity contribution in [2.45, 2.75) is 115 Å². The monoisotopic (exact) mass is 410 g/mol. The molecule has 1 unspecified atom stereocenters. The molecule has 0 aromatic heterocycles. The van der Waals surface area contributed by atoms with Gasteiger partial charge in [-0.05, 0) is 47.1 Å². The van der Waals surface area contributed by atoms with Gasteiger partial charge in [0.15, 0.2) is 5.60 Å². The van der Waals surface area contributed by atoms with Crippen LogP contribution in [0.15, 0.2) is 0 Å². The van der Waals surface area contributed by atoms with Gasteiger partial charge in [0.25, 0.3) is 5.91 Å². The number of piperidine rings is 1. The van der Waals surface area contributed by atoms with Gasteiger partial charge in [-0.3, -0.25) is 19.9 Å². The molecule has 0 bridgehead atoms. The van der Waals surface area contributed by atoms with Crippen molar-refractivity contribution in [3.63, 3.8) is 0 Å². The molecule has 2 amide bonds. The van der Waals surface area contributed by atoms with Crippen molar-refractivity contribution in [2.24, 2.45) is 5.84 Å². The van der Waals surface area contributed by atoms with Crippen molar-refractivity contribution in [2.75, 3.05) is 13.6 Å². The largest absolute Gasteiger partial charge is 0.339 e. The summed E-state index contributed by atoms with van der Waals surface area (Å²) < 4.78 is 6.73. The van der Waals surface area contributed by atoms with Crippen molar-refractivity contribution in [1.82, 2.24) is 15.2 Å². The Morgan fingerprint density at radius 3 is 2.14 bits per heavy atom. The Balaban J connectivity index is 2.42. The molecule has 7 heteroatoms. The smallest absolute Gasteiger partial charge is 0.257 e. The number of hydrogen-bond donors (Lipinski definition) is 2. The number of hydrogen-bond acceptors (Lipinski definition) is 5. The number of carbonyl (C=O) groups is 2. The summed E-state index contributed by atoms with van der Waals surface area (Å²) in [5.41, 5.74) is 0.0658. The Morgan fingerprint density at radius 1 is 1.10 bits per heavy atom. The standard InChI is InChI=1S/C22H42N4O3/c1-8-10-12-21(14-17(27)24-23)18(28)25(7)22(29-21)15-19(3,4)26(13-11-9-2)20(5,6)16-22/h8-16,23H2,1-7H3,(H,24,27). The van der Waals surface area contributed by atoms with Crippen molar-refractivity contribution >= 4 is 11.8 Å². The molecule has 1 atom stereocenters. The van der Waals surface area contributed by atoms with E-state index in [2.05, 4.69) is 51.9 Å². The van der Waals surface area contributed by atoms with Crippen molar-refractivity contribution in [3.05, 3.63) is 0 Å². The highest BCUT2D eigenvalue weighted by Crippen LogP contribution is 2.53. The Labute approximate surface area is 176 Å². The number of likely N-dealkylation sites (N-methyl/N-ethyl adjacent to an activating group) is 1. The summed E-state index contributed by atoms with van der Waals surface area (Å²) in [5, 5.41) is 0. The Bertz CT molecular complexity index is 601. The molecule has 168 valence electrons. The van der Waals surface area contributed by atoms with E-state index >= 15 is 0 Å². The van der Waals surface area contributed by atoms with E-state index in [4.69, 9.17) is 10.6 Å². The molecule has 0 aromatic rings. The Morgan fingerprint density at radius 2 is 1.66 bits per heavy atom. The highest BCUT2D eigenvalue weighted by atomic mass is 16.6. The Hall–Kier alpha value is -1.18. The highest BCUT2D eigenvalue weighted by Gasteiger charge is 2.65. The fourth-order valence-electron chi connectivity index (χ4n) is 5.75. The fraction of sp³-hybridized carbons (Fsp3) is 0.909. The summed E-state index contributed by atoms with van der Waals surface area (Å²) in [5.74, 6) is 4.90. The molecular weight excluding hydrogens is 368 g/mol. The van der Waals surface area contributed by atoms with Gasteiger partial charge in [-0.25, -0.2) is 5.84 Å². The number of nitrogens with one attached hydrogen (secondary N) is 1. The predicted octanol–water partition coefficient (Wildman–Crippen LogP) is 2.93. The maximum atomic E-state index is 13.5. The summed E-state index contributed by atoms with van der Waals surface area (Å²) in [6.45, 7) is 14.3. The normalized spacial score (nSPS) is 28.1. The van der Waals surface area contributed by atoms with Gasteiger partial charge in [-0.15, -0.1) is 0 Å². The van der Waals surface area contributed by atoms with Crippen LogP contribution in [0.25, 0.3) is 0 Å². The van der Waals surface area contributed by atoms with Gasteiger partial charge in [0, 0.05) is 31.0 Å². The lowest BCUT2D eigenvalue weighted by Gasteiger charge is -2.59. The number of unbranched alkanes of at least 4 members (excludes halogenated alkanes) is 2. The number of carbonyl (C=O) groups excluding carboxylic acids is 2. The van der Waals surface area contributed by atoms with Gasteiger partial charge >= 0.3 is 0 Å². The summed E-state index contributed by atoms with van der Waals surface area (Å²) in [4.78, 5) is 30.0. The minimum absolute atomic E-state index is 0.0329. The number of rotatable bonds is 8. The molecule has 0 aromatic carbocycles. The number of likely N-dealkylation sites (tertiary alicyclic amines) is 1. The maximum Gasteiger partial charge on any atom is 0.257 e. The molecule has 2 saturated heterocycles. The van der Waals surface area contributed by atoms with Gasteiger partial charge < -0.3 is 9.64 Å². The second kappa shape index (κ2) is 8.52. The molecular formula is C22H42N4O3. The van der Waals surface area contributed by atoms with Crippen LogP contribution >= 0.6 is 0 Å². The van der Waals surface area contributed by atoms with E-state index in [9.17, 15) is 9.59 Å². The van der Waals surface area contributed by atoms with E-state index in [1.807, 2.05) is 7.05 Å².